The Labute approximate surface area is 168 Å². The summed E-state index contributed by atoms with van der Waals surface area (Å²) in [7, 11) is -3.71. The van der Waals surface area contributed by atoms with Gasteiger partial charge in [0.1, 0.15) is 5.75 Å². The van der Waals surface area contributed by atoms with E-state index in [1.54, 1.807) is 18.2 Å². The SMILES string of the molecule is CCOc1ccc(-c2noc(CNS(=O)(=O)c3ccc4ccccc4c3)n2)cc1. The van der Waals surface area contributed by atoms with Crippen molar-refractivity contribution in [3.8, 4) is 17.1 Å². The van der Waals surface area contributed by atoms with E-state index in [0.29, 0.717) is 12.4 Å². The van der Waals surface area contributed by atoms with Crippen LogP contribution in [0.2, 0.25) is 0 Å². The zero-order valence-electron chi connectivity index (χ0n) is 15.7. The van der Waals surface area contributed by atoms with Crippen molar-refractivity contribution in [1.29, 1.82) is 0 Å². The van der Waals surface area contributed by atoms with Gasteiger partial charge in [-0.1, -0.05) is 35.5 Å². The van der Waals surface area contributed by atoms with Crippen LogP contribution in [0, 0.1) is 0 Å². The number of rotatable bonds is 7. The fourth-order valence-electron chi connectivity index (χ4n) is 2.89. The van der Waals surface area contributed by atoms with Gasteiger partial charge >= 0.3 is 0 Å². The number of hydrogen-bond acceptors (Lipinski definition) is 6. The Morgan fingerprint density at radius 3 is 2.52 bits per heavy atom. The first-order chi connectivity index (χ1) is 14.0. The minimum atomic E-state index is -3.71. The lowest BCUT2D eigenvalue weighted by molar-refractivity contribution is 0.340. The molecule has 4 aromatic rings. The molecule has 148 valence electrons. The molecule has 0 unspecified atom stereocenters. The molecule has 29 heavy (non-hydrogen) atoms. The average molecular weight is 409 g/mol. The molecular weight excluding hydrogens is 390 g/mol. The normalized spacial score (nSPS) is 11.6. The zero-order chi connectivity index (χ0) is 20.3. The molecule has 0 fully saturated rings. The molecule has 4 rings (SSSR count). The number of ether oxygens (including phenoxy) is 1. The lowest BCUT2D eigenvalue weighted by Gasteiger charge is -2.06. The van der Waals surface area contributed by atoms with Crippen molar-refractivity contribution in [2.75, 3.05) is 6.61 Å². The molecular formula is C21H19N3O4S. The van der Waals surface area contributed by atoms with E-state index in [1.807, 2.05) is 55.5 Å². The van der Waals surface area contributed by atoms with Gasteiger partial charge in [-0.25, -0.2) is 13.1 Å². The fourth-order valence-corrected chi connectivity index (χ4v) is 3.89. The predicted octanol–water partition coefficient (Wildman–Crippen LogP) is 3.77. The van der Waals surface area contributed by atoms with Gasteiger partial charge in [-0.2, -0.15) is 4.98 Å². The third-order valence-corrected chi connectivity index (χ3v) is 5.74. The quantitative estimate of drug-likeness (QED) is 0.499. The second-order valence-corrected chi connectivity index (χ2v) is 8.07. The Hall–Kier alpha value is -3.23. The standard InChI is InChI=1S/C21H19N3O4S/c1-2-27-18-10-7-16(8-11-18)21-23-20(28-24-21)14-22-29(25,26)19-12-9-15-5-3-4-6-17(15)13-19/h3-13,22H,2,14H2,1H3. The predicted molar refractivity (Wildman–Crippen MR) is 109 cm³/mol. The minimum absolute atomic E-state index is 0.0980. The summed E-state index contributed by atoms with van der Waals surface area (Å²) in [4.78, 5) is 4.44. The van der Waals surface area contributed by atoms with Gasteiger partial charge in [0.05, 0.1) is 18.0 Å². The topological polar surface area (TPSA) is 94.3 Å². The summed E-state index contributed by atoms with van der Waals surface area (Å²) in [5.74, 6) is 1.31. The molecule has 0 amide bonds. The van der Waals surface area contributed by atoms with E-state index in [2.05, 4.69) is 14.9 Å². The Morgan fingerprint density at radius 2 is 1.76 bits per heavy atom. The van der Waals surface area contributed by atoms with E-state index in [-0.39, 0.29) is 17.3 Å². The maximum absolute atomic E-state index is 12.6. The Kier molecular flexibility index (Phi) is 5.28. The fraction of sp³-hybridized carbons (Fsp3) is 0.143. The third-order valence-electron chi connectivity index (χ3n) is 4.34. The van der Waals surface area contributed by atoms with Crippen molar-refractivity contribution < 1.29 is 17.7 Å². The van der Waals surface area contributed by atoms with Crippen LogP contribution in [-0.2, 0) is 16.6 Å². The van der Waals surface area contributed by atoms with E-state index in [9.17, 15) is 8.42 Å². The van der Waals surface area contributed by atoms with Crippen LogP contribution in [0.5, 0.6) is 5.75 Å². The molecule has 0 aliphatic heterocycles. The highest BCUT2D eigenvalue weighted by Crippen LogP contribution is 2.21. The van der Waals surface area contributed by atoms with Gasteiger partial charge in [0.15, 0.2) is 0 Å². The largest absolute Gasteiger partial charge is 0.494 e. The molecule has 3 aromatic carbocycles. The summed E-state index contributed by atoms with van der Waals surface area (Å²) in [5.41, 5.74) is 0.751. The summed E-state index contributed by atoms with van der Waals surface area (Å²) >= 11 is 0. The van der Waals surface area contributed by atoms with Crippen molar-refractivity contribution in [3.05, 3.63) is 72.6 Å². The van der Waals surface area contributed by atoms with Gasteiger partial charge in [0.2, 0.25) is 21.7 Å². The minimum Gasteiger partial charge on any atom is -0.494 e. The maximum Gasteiger partial charge on any atom is 0.242 e. The van der Waals surface area contributed by atoms with Crippen LogP contribution in [-0.4, -0.2) is 25.2 Å². The van der Waals surface area contributed by atoms with Crippen LogP contribution < -0.4 is 9.46 Å². The monoisotopic (exact) mass is 409 g/mol. The molecule has 1 N–H and O–H groups in total. The summed E-state index contributed by atoms with van der Waals surface area (Å²) in [6.45, 7) is 2.40. The van der Waals surface area contributed by atoms with Crippen molar-refractivity contribution in [2.45, 2.75) is 18.4 Å². The van der Waals surface area contributed by atoms with Crippen molar-refractivity contribution in [1.82, 2.24) is 14.9 Å². The van der Waals surface area contributed by atoms with E-state index in [4.69, 9.17) is 9.26 Å². The Morgan fingerprint density at radius 1 is 1.00 bits per heavy atom. The van der Waals surface area contributed by atoms with Crippen LogP contribution in [0.15, 0.2) is 76.1 Å². The van der Waals surface area contributed by atoms with Crippen LogP contribution in [0.1, 0.15) is 12.8 Å². The number of sulfonamides is 1. The summed E-state index contributed by atoms with van der Waals surface area (Å²) in [5, 5.41) is 5.74. The molecule has 0 saturated carbocycles. The average Bonchev–Trinajstić information content (AvgIpc) is 3.22. The molecule has 1 heterocycles. The highest BCUT2D eigenvalue weighted by atomic mass is 32.2. The zero-order valence-corrected chi connectivity index (χ0v) is 16.5. The highest BCUT2D eigenvalue weighted by molar-refractivity contribution is 7.89. The summed E-state index contributed by atoms with van der Waals surface area (Å²) in [6.07, 6.45) is 0. The number of hydrogen-bond donors (Lipinski definition) is 1. The number of nitrogens with one attached hydrogen (secondary N) is 1. The first-order valence-corrected chi connectivity index (χ1v) is 10.6. The highest BCUT2D eigenvalue weighted by Gasteiger charge is 2.17. The number of fused-ring (bicyclic) bond motifs is 1. The summed E-state index contributed by atoms with van der Waals surface area (Å²) < 4.78 is 38.3. The first kappa shape index (κ1) is 19.1. The molecule has 0 aliphatic carbocycles. The first-order valence-electron chi connectivity index (χ1n) is 9.09. The van der Waals surface area contributed by atoms with E-state index < -0.39 is 10.0 Å². The van der Waals surface area contributed by atoms with Gasteiger partial charge in [-0.15, -0.1) is 0 Å². The van der Waals surface area contributed by atoms with Gasteiger partial charge < -0.3 is 9.26 Å². The molecule has 0 radical (unpaired) electrons. The maximum atomic E-state index is 12.6. The van der Waals surface area contributed by atoms with Crippen molar-refractivity contribution >= 4 is 20.8 Å². The third kappa shape index (κ3) is 4.28. The summed E-state index contributed by atoms with van der Waals surface area (Å²) in [6, 6.07) is 19.8. The molecule has 0 bridgehead atoms. The number of benzene rings is 3. The molecule has 7 nitrogen and oxygen atoms in total. The van der Waals surface area contributed by atoms with Crippen LogP contribution >= 0.6 is 0 Å². The molecule has 0 saturated heterocycles. The second-order valence-electron chi connectivity index (χ2n) is 6.30. The molecule has 8 heteroatoms. The second kappa shape index (κ2) is 8.02. The lowest BCUT2D eigenvalue weighted by Crippen LogP contribution is -2.23. The van der Waals surface area contributed by atoms with Crippen LogP contribution in [0.4, 0.5) is 0 Å². The number of nitrogens with zero attached hydrogens (tertiary/aromatic N) is 2. The molecule has 0 aliphatic rings. The van der Waals surface area contributed by atoms with Crippen LogP contribution in [0.25, 0.3) is 22.2 Å². The van der Waals surface area contributed by atoms with Gasteiger partial charge in [0.25, 0.3) is 0 Å². The lowest BCUT2D eigenvalue weighted by atomic mass is 10.1. The van der Waals surface area contributed by atoms with Gasteiger partial charge in [-0.3, -0.25) is 0 Å². The van der Waals surface area contributed by atoms with Crippen molar-refractivity contribution in [3.63, 3.8) is 0 Å². The number of aromatic nitrogens is 2. The van der Waals surface area contributed by atoms with Gasteiger partial charge in [0, 0.05) is 5.56 Å². The smallest absolute Gasteiger partial charge is 0.242 e. The van der Waals surface area contributed by atoms with Crippen LogP contribution in [0.3, 0.4) is 0 Å². The molecule has 0 atom stereocenters. The Balaban J connectivity index is 1.47. The van der Waals surface area contributed by atoms with E-state index >= 15 is 0 Å². The van der Waals surface area contributed by atoms with Gasteiger partial charge in [-0.05, 0) is 54.1 Å². The Bertz CT molecular complexity index is 1230. The van der Waals surface area contributed by atoms with Crippen molar-refractivity contribution in [2.24, 2.45) is 0 Å². The molecule has 1 aromatic heterocycles. The molecule has 0 spiro atoms. The van der Waals surface area contributed by atoms with E-state index in [1.165, 1.54) is 0 Å². The van der Waals surface area contributed by atoms with E-state index in [0.717, 1.165) is 22.1 Å².